The van der Waals surface area contributed by atoms with Crippen molar-refractivity contribution in [2.75, 3.05) is 26.2 Å². The molecule has 6 heterocycles. The van der Waals surface area contributed by atoms with Crippen molar-refractivity contribution in [3.8, 4) is 0 Å². The fourth-order valence-electron chi connectivity index (χ4n) is 8.45. The van der Waals surface area contributed by atoms with E-state index in [9.17, 15) is 43.6 Å². The predicted octanol–water partition coefficient (Wildman–Crippen LogP) is 2.12. The normalized spacial score (nSPS) is 25.3. The summed E-state index contributed by atoms with van der Waals surface area (Å²) in [6, 6.07) is 5.23. The molecule has 22 nitrogen and oxygen atoms in total. The first-order valence-electron chi connectivity index (χ1n) is 21.5. The van der Waals surface area contributed by atoms with Gasteiger partial charge in [-0.15, -0.1) is 0 Å². The molecule has 346 valence electrons. The molecule has 5 N–H and O–H groups in total. The van der Waals surface area contributed by atoms with Crippen LogP contribution in [-0.4, -0.2) is 156 Å². The quantitative estimate of drug-likeness (QED) is 0.195. The summed E-state index contributed by atoms with van der Waals surface area (Å²) in [7, 11) is 0. The Bertz CT molecular complexity index is 1910. The molecule has 0 aliphatic carbocycles. The predicted molar refractivity (Wildman–Crippen MR) is 219 cm³/mol. The number of hydroxylamine groups is 4. The highest BCUT2D eigenvalue weighted by Crippen LogP contribution is 2.31. The molecule has 22 heteroatoms. The molecule has 0 aromatic heterocycles. The van der Waals surface area contributed by atoms with Gasteiger partial charge in [0.15, 0.2) is 0 Å². The summed E-state index contributed by atoms with van der Waals surface area (Å²) in [6.07, 6.45) is 3.09. The first kappa shape index (κ1) is 46.6. The van der Waals surface area contributed by atoms with Crippen LogP contribution in [0.15, 0.2) is 30.3 Å². The number of carbonyl (C=O) groups is 8. The Morgan fingerprint density at radius 2 is 1.03 bits per heavy atom. The van der Waals surface area contributed by atoms with Gasteiger partial charge in [0.1, 0.15) is 42.0 Å². The fourth-order valence-corrected chi connectivity index (χ4v) is 8.45. The average molecular weight is 885 g/mol. The summed E-state index contributed by atoms with van der Waals surface area (Å²) in [5.74, 6) is -2.01. The van der Waals surface area contributed by atoms with Crippen LogP contribution in [0.3, 0.4) is 0 Å². The fraction of sp³-hybridized carbons (Fsp3) is 0.659. The van der Waals surface area contributed by atoms with E-state index in [2.05, 4.69) is 21.7 Å². The number of benzene rings is 1. The topological polar surface area (TPSA) is 252 Å². The van der Waals surface area contributed by atoms with Gasteiger partial charge in [-0.2, -0.15) is 5.06 Å². The number of hydrogen-bond acceptors (Lipinski definition) is 12. The third-order valence-corrected chi connectivity index (χ3v) is 11.5. The number of ether oxygens (including phenoxy) is 2. The molecule has 0 spiro atoms. The zero-order valence-corrected chi connectivity index (χ0v) is 36.7. The minimum atomic E-state index is -0.758. The molecular formula is C41H60N10O12. The molecule has 10 amide bonds. The molecule has 0 saturated carbocycles. The molecule has 6 aliphatic heterocycles. The number of rotatable bonds is 7. The maximum absolute atomic E-state index is 12.9. The molecule has 6 aliphatic rings. The van der Waals surface area contributed by atoms with Gasteiger partial charge in [0.25, 0.3) is 23.6 Å². The van der Waals surface area contributed by atoms with Crippen LogP contribution in [0.4, 0.5) is 19.2 Å². The van der Waals surface area contributed by atoms with E-state index in [0.29, 0.717) is 76.1 Å². The van der Waals surface area contributed by atoms with E-state index in [1.165, 1.54) is 24.7 Å². The van der Waals surface area contributed by atoms with Crippen molar-refractivity contribution in [2.45, 2.75) is 147 Å². The molecule has 1 aromatic rings. The number of piperidine rings is 2. The van der Waals surface area contributed by atoms with Crippen molar-refractivity contribution >= 4 is 47.9 Å². The van der Waals surface area contributed by atoms with Crippen molar-refractivity contribution in [2.24, 2.45) is 0 Å². The van der Waals surface area contributed by atoms with Crippen LogP contribution < -0.4 is 21.7 Å². The van der Waals surface area contributed by atoms with E-state index in [1.54, 1.807) is 41.5 Å². The largest absolute Gasteiger partial charge is 0.444 e. The summed E-state index contributed by atoms with van der Waals surface area (Å²) in [5.41, 5.74) is 9.17. The summed E-state index contributed by atoms with van der Waals surface area (Å²) in [4.78, 5) is 111. The molecular weight excluding hydrogens is 825 g/mol. The number of likely N-dealkylation sites (tertiary alicyclic amines) is 2. The van der Waals surface area contributed by atoms with E-state index in [1.807, 2.05) is 30.3 Å². The second-order valence-electron chi connectivity index (χ2n) is 18.4. The van der Waals surface area contributed by atoms with Crippen LogP contribution in [0.2, 0.25) is 0 Å². The molecule has 4 bridgehead atoms. The van der Waals surface area contributed by atoms with Crippen LogP contribution in [0, 0.1) is 0 Å². The molecule has 63 heavy (non-hydrogen) atoms. The van der Waals surface area contributed by atoms with E-state index in [0.717, 1.165) is 5.56 Å². The number of carbonyl (C=O) groups excluding carboxylic acids is 8. The molecule has 7 rings (SSSR count). The van der Waals surface area contributed by atoms with Crippen molar-refractivity contribution in [1.29, 1.82) is 0 Å². The standard InChI is InChI=1S/C24H33N5O6.C17H27N5O6/c1-24(2,3)35-23(33)27-13-7-10-18(27)20(30)25-26-21(31)19-12-11-17-14-28(19)22(32)29(17)34-15-16-8-5-4-6-9-16;1-17(2,3)28-16(26)20-8-4-5-11(20)13(23)18-19-14(24)12-7-6-10-9-21(12)15(25)22(10)27/h4-6,8-9,17-19H,7,10-15H2,1-3H3,(H,25,30)(H,26,31);10-12,27H,4-9H2,1-3H3,(H,18,23)(H,19,24)/t17-,18?,19+;10-,11?,12+/m11/s1. The van der Waals surface area contributed by atoms with Gasteiger partial charge in [0, 0.05) is 26.2 Å². The zero-order valence-electron chi connectivity index (χ0n) is 36.7. The number of fused-ring (bicyclic) bond motifs is 4. The number of nitrogens with zero attached hydrogens (tertiary/aromatic N) is 6. The van der Waals surface area contributed by atoms with E-state index in [4.69, 9.17) is 14.3 Å². The number of hydrogen-bond donors (Lipinski definition) is 5. The number of hydrazine groups is 2. The number of urea groups is 2. The van der Waals surface area contributed by atoms with Gasteiger partial charge in [0.05, 0.1) is 12.1 Å². The lowest BCUT2D eigenvalue weighted by molar-refractivity contribution is -0.140. The van der Waals surface area contributed by atoms with Gasteiger partial charge in [0.2, 0.25) is 0 Å². The van der Waals surface area contributed by atoms with Crippen LogP contribution in [0.1, 0.15) is 98.5 Å². The SMILES string of the molecule is CC(C)(C)OC(=O)N1CCCC1C(=O)NNC(=O)[C@@H]1CC[C@@H]2CN1C(=O)N2O.CC(C)(C)OC(=O)N1CCCC1C(=O)NNC(=O)[C@@H]1CC[C@@H]2CN1C(=O)N2OCc1ccccc1. The Kier molecular flexibility index (Phi) is 14.2. The lowest BCUT2D eigenvalue weighted by Gasteiger charge is -2.30. The summed E-state index contributed by atoms with van der Waals surface area (Å²) in [6.45, 7) is 12.3. The lowest BCUT2D eigenvalue weighted by Crippen LogP contribution is -2.57. The van der Waals surface area contributed by atoms with Gasteiger partial charge in [-0.25, -0.2) is 24.2 Å². The molecule has 6 atom stereocenters. The molecule has 2 unspecified atom stereocenters. The first-order chi connectivity index (χ1) is 29.7. The monoisotopic (exact) mass is 884 g/mol. The van der Waals surface area contributed by atoms with Crippen LogP contribution in [0.5, 0.6) is 0 Å². The second kappa shape index (κ2) is 19.2. The van der Waals surface area contributed by atoms with Gasteiger partial charge in [-0.3, -0.25) is 60.7 Å². The highest BCUT2D eigenvalue weighted by molar-refractivity contribution is 5.93. The maximum Gasteiger partial charge on any atom is 0.410 e. The third-order valence-electron chi connectivity index (χ3n) is 11.5. The summed E-state index contributed by atoms with van der Waals surface area (Å²) < 4.78 is 10.7. The Morgan fingerprint density at radius 3 is 1.51 bits per heavy atom. The van der Waals surface area contributed by atoms with Gasteiger partial charge in [-0.1, -0.05) is 30.3 Å². The third kappa shape index (κ3) is 11.2. The van der Waals surface area contributed by atoms with Crippen molar-refractivity contribution in [1.82, 2.24) is 51.4 Å². The molecule has 6 saturated heterocycles. The Balaban J connectivity index is 0.000000215. The first-order valence-corrected chi connectivity index (χ1v) is 21.5. The summed E-state index contributed by atoms with van der Waals surface area (Å²) in [5, 5.41) is 11.7. The summed E-state index contributed by atoms with van der Waals surface area (Å²) >= 11 is 0. The second-order valence-corrected chi connectivity index (χ2v) is 18.4. The van der Waals surface area contributed by atoms with E-state index < -0.39 is 77.2 Å². The molecule has 1 aromatic carbocycles. The van der Waals surface area contributed by atoms with Crippen molar-refractivity contribution in [3.05, 3.63) is 35.9 Å². The van der Waals surface area contributed by atoms with Crippen LogP contribution in [-0.2, 0) is 40.1 Å². The van der Waals surface area contributed by atoms with Crippen molar-refractivity contribution < 1.29 is 57.9 Å². The Hall–Kier alpha value is -5.90. The highest BCUT2D eigenvalue weighted by atomic mass is 16.7. The minimum Gasteiger partial charge on any atom is -0.444 e. The molecule has 0 radical (unpaired) electrons. The Morgan fingerprint density at radius 1 is 0.603 bits per heavy atom. The smallest absolute Gasteiger partial charge is 0.410 e. The Labute approximate surface area is 365 Å². The number of amides is 10. The van der Waals surface area contributed by atoms with Gasteiger partial charge < -0.3 is 19.3 Å². The number of nitrogens with one attached hydrogen (secondary N) is 4. The molecule has 6 fully saturated rings. The minimum absolute atomic E-state index is 0.120. The highest BCUT2D eigenvalue weighted by Gasteiger charge is 2.49. The van der Waals surface area contributed by atoms with Gasteiger partial charge >= 0.3 is 24.2 Å². The van der Waals surface area contributed by atoms with Crippen molar-refractivity contribution in [3.63, 3.8) is 0 Å². The van der Waals surface area contributed by atoms with E-state index in [-0.39, 0.29) is 31.3 Å². The van der Waals surface area contributed by atoms with Crippen LogP contribution in [0.25, 0.3) is 0 Å². The van der Waals surface area contributed by atoms with Crippen LogP contribution >= 0.6 is 0 Å². The van der Waals surface area contributed by atoms with E-state index >= 15 is 0 Å². The lowest BCUT2D eigenvalue weighted by atomic mass is 10.0. The average Bonchev–Trinajstić information content (AvgIpc) is 4.02. The zero-order chi connectivity index (χ0) is 45.8. The maximum atomic E-state index is 12.9. The van der Waals surface area contributed by atoms with Gasteiger partial charge in [-0.05, 0) is 98.5 Å².